The number of guanidine groups is 1. The van der Waals surface area contributed by atoms with E-state index in [2.05, 4.69) is 55.2 Å². The molecular formula is C24H36IN7O. The Hall–Kier alpha value is -2.27. The van der Waals surface area contributed by atoms with Gasteiger partial charge in [0.1, 0.15) is 11.6 Å². The van der Waals surface area contributed by atoms with Crippen molar-refractivity contribution >= 4 is 41.4 Å². The summed E-state index contributed by atoms with van der Waals surface area (Å²) in [5.41, 5.74) is 2.45. The number of benzene rings is 1. The van der Waals surface area contributed by atoms with E-state index in [1.807, 2.05) is 31.4 Å². The van der Waals surface area contributed by atoms with E-state index >= 15 is 0 Å². The number of hydrogen-bond acceptors (Lipinski definition) is 6. The summed E-state index contributed by atoms with van der Waals surface area (Å²) in [5.74, 6) is 2.93. The Kier molecular flexibility index (Phi) is 9.42. The SMILES string of the molecule is CN=C(NCc1cccnc1N1CCN(C)CC1)N1CCN(c2ccc(OC)cc2)CC1.I. The highest BCUT2D eigenvalue weighted by Crippen LogP contribution is 2.21. The first-order chi connectivity index (χ1) is 15.7. The third kappa shape index (κ3) is 6.41. The lowest BCUT2D eigenvalue weighted by atomic mass is 10.2. The number of pyridine rings is 1. The van der Waals surface area contributed by atoms with E-state index in [-0.39, 0.29) is 24.0 Å². The van der Waals surface area contributed by atoms with Crippen LogP contribution in [0.25, 0.3) is 0 Å². The fourth-order valence-electron chi connectivity index (χ4n) is 4.35. The van der Waals surface area contributed by atoms with Crippen LogP contribution in [0.2, 0.25) is 0 Å². The average Bonchev–Trinajstić information content (AvgIpc) is 2.86. The Morgan fingerprint density at radius 2 is 1.64 bits per heavy atom. The van der Waals surface area contributed by atoms with Crippen molar-refractivity contribution in [2.45, 2.75) is 6.54 Å². The van der Waals surface area contributed by atoms with Crippen molar-refractivity contribution in [1.82, 2.24) is 20.1 Å². The van der Waals surface area contributed by atoms with E-state index in [9.17, 15) is 0 Å². The molecule has 2 fully saturated rings. The summed E-state index contributed by atoms with van der Waals surface area (Å²) in [7, 11) is 5.74. The Labute approximate surface area is 214 Å². The average molecular weight is 566 g/mol. The van der Waals surface area contributed by atoms with Crippen molar-refractivity contribution in [3.8, 4) is 5.75 Å². The molecule has 0 spiro atoms. The molecule has 0 aliphatic carbocycles. The highest BCUT2D eigenvalue weighted by Gasteiger charge is 2.21. The second kappa shape index (κ2) is 12.3. The van der Waals surface area contributed by atoms with Gasteiger partial charge in [-0.3, -0.25) is 4.99 Å². The predicted molar refractivity (Wildman–Crippen MR) is 146 cm³/mol. The highest BCUT2D eigenvalue weighted by molar-refractivity contribution is 14.0. The monoisotopic (exact) mass is 565 g/mol. The first-order valence-electron chi connectivity index (χ1n) is 11.4. The number of rotatable bonds is 5. The molecule has 2 aliphatic rings. The van der Waals surface area contributed by atoms with Crippen LogP contribution in [-0.2, 0) is 6.54 Å². The standard InChI is InChI=1S/C24H35N7O.HI/c1-25-24(31-17-15-29(16-18-31)21-6-8-22(32-3)9-7-21)27-19-20-5-4-10-26-23(20)30-13-11-28(2)12-14-30;/h4-10H,11-19H2,1-3H3,(H,25,27);1H. The maximum atomic E-state index is 5.27. The molecule has 3 heterocycles. The number of aromatic nitrogens is 1. The molecule has 0 bridgehead atoms. The summed E-state index contributed by atoms with van der Waals surface area (Å²) in [5, 5.41) is 3.58. The van der Waals surface area contributed by atoms with Crippen molar-refractivity contribution in [2.75, 3.05) is 83.4 Å². The summed E-state index contributed by atoms with van der Waals surface area (Å²) >= 11 is 0. The molecular weight excluding hydrogens is 529 g/mol. The molecule has 0 saturated carbocycles. The molecule has 33 heavy (non-hydrogen) atoms. The summed E-state index contributed by atoms with van der Waals surface area (Å²) in [6, 6.07) is 12.5. The lowest BCUT2D eigenvalue weighted by Gasteiger charge is -2.38. The normalized spacial score (nSPS) is 17.5. The van der Waals surface area contributed by atoms with Gasteiger partial charge in [-0.15, -0.1) is 24.0 Å². The first-order valence-corrected chi connectivity index (χ1v) is 11.4. The number of methoxy groups -OCH3 is 1. The minimum Gasteiger partial charge on any atom is -0.497 e. The Balaban J connectivity index is 0.00000306. The van der Waals surface area contributed by atoms with E-state index in [0.717, 1.165) is 76.4 Å². The van der Waals surface area contributed by atoms with Crippen molar-refractivity contribution in [3.63, 3.8) is 0 Å². The van der Waals surface area contributed by atoms with Crippen LogP contribution in [-0.4, -0.2) is 94.3 Å². The lowest BCUT2D eigenvalue weighted by Crippen LogP contribution is -2.52. The van der Waals surface area contributed by atoms with E-state index < -0.39 is 0 Å². The van der Waals surface area contributed by atoms with Crippen molar-refractivity contribution in [3.05, 3.63) is 48.2 Å². The molecule has 1 N–H and O–H groups in total. The van der Waals surface area contributed by atoms with E-state index in [1.165, 1.54) is 11.3 Å². The van der Waals surface area contributed by atoms with Gasteiger partial charge < -0.3 is 29.7 Å². The van der Waals surface area contributed by atoms with Gasteiger partial charge in [0.05, 0.1) is 7.11 Å². The van der Waals surface area contributed by atoms with Gasteiger partial charge in [0.15, 0.2) is 5.96 Å². The second-order valence-electron chi connectivity index (χ2n) is 8.35. The Bertz CT molecular complexity index is 892. The first kappa shape index (κ1) is 25.4. The van der Waals surface area contributed by atoms with Gasteiger partial charge >= 0.3 is 0 Å². The second-order valence-corrected chi connectivity index (χ2v) is 8.35. The summed E-state index contributed by atoms with van der Waals surface area (Å²) < 4.78 is 5.27. The number of nitrogens with one attached hydrogen (secondary N) is 1. The molecule has 4 rings (SSSR count). The molecule has 9 heteroatoms. The lowest BCUT2D eigenvalue weighted by molar-refractivity contribution is 0.311. The Morgan fingerprint density at radius 3 is 2.27 bits per heavy atom. The zero-order valence-electron chi connectivity index (χ0n) is 19.9. The largest absolute Gasteiger partial charge is 0.497 e. The number of hydrogen-bond donors (Lipinski definition) is 1. The number of piperazine rings is 2. The van der Waals surface area contributed by atoms with Gasteiger partial charge in [-0.05, 0) is 37.4 Å². The van der Waals surface area contributed by atoms with Crippen molar-refractivity contribution in [1.29, 1.82) is 0 Å². The zero-order valence-corrected chi connectivity index (χ0v) is 22.2. The molecule has 0 unspecified atom stereocenters. The number of anilines is 2. The maximum Gasteiger partial charge on any atom is 0.194 e. The number of ether oxygens (including phenoxy) is 1. The summed E-state index contributed by atoms with van der Waals surface area (Å²) in [4.78, 5) is 18.8. The minimum atomic E-state index is 0. The molecule has 8 nitrogen and oxygen atoms in total. The fourth-order valence-corrected chi connectivity index (χ4v) is 4.35. The van der Waals surface area contributed by atoms with Crippen LogP contribution in [0.4, 0.5) is 11.5 Å². The van der Waals surface area contributed by atoms with Crippen LogP contribution in [0, 0.1) is 0 Å². The highest BCUT2D eigenvalue weighted by atomic mass is 127. The number of likely N-dealkylation sites (N-methyl/N-ethyl adjacent to an activating group) is 1. The van der Waals surface area contributed by atoms with Crippen LogP contribution in [0.3, 0.4) is 0 Å². The van der Waals surface area contributed by atoms with Gasteiger partial charge in [0.2, 0.25) is 0 Å². The number of nitrogens with zero attached hydrogens (tertiary/aromatic N) is 6. The maximum absolute atomic E-state index is 5.27. The van der Waals surface area contributed by atoms with Gasteiger partial charge in [-0.2, -0.15) is 0 Å². The zero-order chi connectivity index (χ0) is 22.3. The molecule has 0 atom stereocenters. The molecule has 0 radical (unpaired) electrons. The molecule has 1 aromatic heterocycles. The van der Waals surface area contributed by atoms with Crippen LogP contribution < -0.4 is 19.9 Å². The fraction of sp³-hybridized carbons (Fsp3) is 0.500. The topological polar surface area (TPSA) is 59.5 Å². The van der Waals surface area contributed by atoms with Crippen LogP contribution in [0.15, 0.2) is 47.6 Å². The molecule has 0 amide bonds. The number of aliphatic imine (C=N–C) groups is 1. The summed E-state index contributed by atoms with van der Waals surface area (Å²) in [6.07, 6.45) is 1.89. The minimum absolute atomic E-state index is 0. The third-order valence-electron chi connectivity index (χ3n) is 6.34. The van der Waals surface area contributed by atoms with E-state index in [1.54, 1.807) is 7.11 Å². The molecule has 180 valence electrons. The number of halogens is 1. The molecule has 2 saturated heterocycles. The van der Waals surface area contributed by atoms with E-state index in [4.69, 9.17) is 9.72 Å². The molecule has 2 aliphatic heterocycles. The van der Waals surface area contributed by atoms with Crippen LogP contribution >= 0.6 is 24.0 Å². The third-order valence-corrected chi connectivity index (χ3v) is 6.34. The predicted octanol–water partition coefficient (Wildman–Crippen LogP) is 2.36. The van der Waals surface area contributed by atoms with Crippen molar-refractivity contribution in [2.24, 2.45) is 4.99 Å². The van der Waals surface area contributed by atoms with Gasteiger partial charge in [-0.1, -0.05) is 6.07 Å². The summed E-state index contributed by atoms with van der Waals surface area (Å²) in [6.45, 7) is 8.70. The van der Waals surface area contributed by atoms with Crippen molar-refractivity contribution < 1.29 is 4.74 Å². The van der Waals surface area contributed by atoms with Gasteiger partial charge in [-0.25, -0.2) is 4.98 Å². The Morgan fingerprint density at radius 1 is 0.970 bits per heavy atom. The van der Waals surface area contributed by atoms with Gasteiger partial charge in [0, 0.05) is 83.4 Å². The molecule has 1 aromatic carbocycles. The van der Waals surface area contributed by atoms with Crippen LogP contribution in [0.5, 0.6) is 5.75 Å². The smallest absolute Gasteiger partial charge is 0.194 e. The van der Waals surface area contributed by atoms with Gasteiger partial charge in [0.25, 0.3) is 0 Å². The quantitative estimate of drug-likeness (QED) is 0.340. The molecule has 2 aromatic rings. The van der Waals surface area contributed by atoms with E-state index in [0.29, 0.717) is 0 Å². The van der Waals surface area contributed by atoms with Crippen LogP contribution in [0.1, 0.15) is 5.56 Å².